The molecule has 1 aliphatic carbocycles. The SMILES string of the molecule is C=CCn1c(SCC(=O)Nc2sc3c(c2C(=O)OCC)CCC3)nc2scc(-c3ccccc3)c2c1=O. The minimum absolute atomic E-state index is 0.0385. The molecule has 0 unspecified atom stereocenters. The minimum Gasteiger partial charge on any atom is -0.462 e. The van der Waals surface area contributed by atoms with Crippen molar-refractivity contribution in [1.29, 1.82) is 0 Å². The summed E-state index contributed by atoms with van der Waals surface area (Å²) in [6, 6.07) is 9.75. The molecule has 0 radical (unpaired) electrons. The van der Waals surface area contributed by atoms with Crippen LogP contribution in [0.1, 0.15) is 34.1 Å². The van der Waals surface area contributed by atoms with Crippen LogP contribution in [0.3, 0.4) is 0 Å². The summed E-state index contributed by atoms with van der Waals surface area (Å²) in [4.78, 5) is 45.5. The number of esters is 1. The molecule has 0 saturated heterocycles. The average Bonchev–Trinajstić information content (AvgIpc) is 3.60. The molecule has 0 saturated carbocycles. The van der Waals surface area contributed by atoms with Crippen molar-refractivity contribution in [3.8, 4) is 11.1 Å². The molecule has 1 amide bonds. The Bertz CT molecular complexity index is 1550. The fourth-order valence-corrected chi connectivity index (χ4v) is 7.53. The van der Waals surface area contributed by atoms with Crippen LogP contribution < -0.4 is 10.9 Å². The van der Waals surface area contributed by atoms with E-state index in [2.05, 4.69) is 11.9 Å². The van der Waals surface area contributed by atoms with E-state index in [-0.39, 0.29) is 30.4 Å². The number of aryl methyl sites for hydroxylation is 1. The second kappa shape index (κ2) is 11.0. The van der Waals surface area contributed by atoms with Crippen LogP contribution in [-0.2, 0) is 28.9 Å². The summed E-state index contributed by atoms with van der Waals surface area (Å²) in [7, 11) is 0. The van der Waals surface area contributed by atoms with Crippen molar-refractivity contribution in [1.82, 2.24) is 9.55 Å². The van der Waals surface area contributed by atoms with Gasteiger partial charge in [-0.1, -0.05) is 48.2 Å². The Morgan fingerprint density at radius 3 is 2.84 bits per heavy atom. The standard InChI is InChI=1S/C27H25N3O4S3/c1-3-13-30-25(32)21-18(16-9-6-5-7-10-16)14-35-23(21)29-27(30)36-15-20(31)28-24-22(26(33)34-4-2)17-11-8-12-19(17)37-24/h3,5-7,9-10,14H,1,4,8,11-13,15H2,2H3,(H,28,31). The number of amides is 1. The minimum atomic E-state index is -0.399. The average molecular weight is 552 g/mol. The molecule has 4 aromatic rings. The van der Waals surface area contributed by atoms with Gasteiger partial charge in [0.25, 0.3) is 5.56 Å². The van der Waals surface area contributed by atoms with Gasteiger partial charge in [0.05, 0.1) is 23.3 Å². The molecule has 1 aromatic carbocycles. The molecular weight excluding hydrogens is 527 g/mol. The summed E-state index contributed by atoms with van der Waals surface area (Å²) < 4.78 is 6.80. The topological polar surface area (TPSA) is 90.3 Å². The zero-order valence-corrected chi connectivity index (χ0v) is 22.7. The van der Waals surface area contributed by atoms with E-state index in [1.807, 2.05) is 35.7 Å². The molecule has 0 aliphatic heterocycles. The number of carbonyl (C=O) groups is 2. The van der Waals surface area contributed by atoms with Crippen LogP contribution in [0, 0.1) is 0 Å². The summed E-state index contributed by atoms with van der Waals surface area (Å²) in [6.07, 6.45) is 4.36. The Balaban J connectivity index is 1.40. The van der Waals surface area contributed by atoms with Crippen LogP contribution in [0.2, 0.25) is 0 Å². The summed E-state index contributed by atoms with van der Waals surface area (Å²) in [5.41, 5.74) is 3.12. The number of nitrogens with zero attached hydrogens (tertiary/aromatic N) is 2. The van der Waals surface area contributed by atoms with Crippen molar-refractivity contribution in [2.75, 3.05) is 17.7 Å². The zero-order valence-electron chi connectivity index (χ0n) is 20.2. The highest BCUT2D eigenvalue weighted by Crippen LogP contribution is 2.39. The number of carbonyl (C=O) groups excluding carboxylic acids is 2. The quantitative estimate of drug-likeness (QED) is 0.123. The van der Waals surface area contributed by atoms with Crippen LogP contribution in [0.4, 0.5) is 5.00 Å². The van der Waals surface area contributed by atoms with E-state index in [9.17, 15) is 14.4 Å². The number of anilines is 1. The number of allylic oxidation sites excluding steroid dienone is 1. The molecule has 3 heterocycles. The van der Waals surface area contributed by atoms with E-state index in [0.717, 1.165) is 40.8 Å². The third-order valence-electron chi connectivity index (χ3n) is 6.04. The highest BCUT2D eigenvalue weighted by atomic mass is 32.2. The number of aromatic nitrogens is 2. The van der Waals surface area contributed by atoms with Gasteiger partial charge in [0.2, 0.25) is 5.91 Å². The second-order valence-electron chi connectivity index (χ2n) is 8.41. The van der Waals surface area contributed by atoms with Gasteiger partial charge in [-0.25, -0.2) is 9.78 Å². The van der Waals surface area contributed by atoms with Crippen LogP contribution in [0.15, 0.2) is 58.3 Å². The molecule has 0 fully saturated rings. The number of hydrogen-bond acceptors (Lipinski definition) is 8. The zero-order chi connectivity index (χ0) is 25.9. The Hall–Kier alpha value is -3.21. The van der Waals surface area contributed by atoms with Crippen molar-refractivity contribution < 1.29 is 14.3 Å². The molecule has 7 nitrogen and oxygen atoms in total. The number of ether oxygens (including phenoxy) is 1. The Kier molecular flexibility index (Phi) is 7.59. The fraction of sp³-hybridized carbons (Fsp3) is 0.259. The van der Waals surface area contributed by atoms with Gasteiger partial charge in [0.15, 0.2) is 5.16 Å². The van der Waals surface area contributed by atoms with Gasteiger partial charge in [0.1, 0.15) is 9.83 Å². The van der Waals surface area contributed by atoms with Gasteiger partial charge < -0.3 is 10.1 Å². The van der Waals surface area contributed by atoms with Gasteiger partial charge in [-0.3, -0.25) is 14.2 Å². The smallest absolute Gasteiger partial charge is 0.341 e. The highest BCUT2D eigenvalue weighted by molar-refractivity contribution is 7.99. The Morgan fingerprint density at radius 2 is 2.08 bits per heavy atom. The van der Waals surface area contributed by atoms with Gasteiger partial charge in [-0.2, -0.15) is 0 Å². The summed E-state index contributed by atoms with van der Waals surface area (Å²) in [6.45, 7) is 6.11. The van der Waals surface area contributed by atoms with Gasteiger partial charge in [-0.05, 0) is 37.3 Å². The molecule has 1 aliphatic rings. The predicted molar refractivity (Wildman–Crippen MR) is 151 cm³/mol. The number of thioether (sulfide) groups is 1. The van der Waals surface area contributed by atoms with Gasteiger partial charge in [-0.15, -0.1) is 29.3 Å². The lowest BCUT2D eigenvalue weighted by Crippen LogP contribution is -2.23. The third kappa shape index (κ3) is 5.01. The van der Waals surface area contributed by atoms with Crippen LogP contribution in [0.25, 0.3) is 21.3 Å². The number of fused-ring (bicyclic) bond motifs is 2. The maximum absolute atomic E-state index is 13.5. The van der Waals surface area contributed by atoms with Crippen LogP contribution >= 0.6 is 34.4 Å². The second-order valence-corrected chi connectivity index (χ2v) is 11.3. The van der Waals surface area contributed by atoms with E-state index in [4.69, 9.17) is 9.72 Å². The van der Waals surface area contributed by atoms with Crippen LogP contribution in [0.5, 0.6) is 0 Å². The van der Waals surface area contributed by atoms with E-state index in [1.54, 1.807) is 17.6 Å². The summed E-state index contributed by atoms with van der Waals surface area (Å²) >= 11 is 4.05. The number of nitrogens with one attached hydrogen (secondary N) is 1. The van der Waals surface area contributed by atoms with E-state index < -0.39 is 5.97 Å². The molecule has 0 atom stereocenters. The predicted octanol–water partition coefficient (Wildman–Crippen LogP) is 5.77. The van der Waals surface area contributed by atoms with Crippen molar-refractivity contribution in [3.63, 3.8) is 0 Å². The molecule has 3 aromatic heterocycles. The Morgan fingerprint density at radius 1 is 1.27 bits per heavy atom. The van der Waals surface area contributed by atoms with Crippen molar-refractivity contribution in [3.05, 3.63) is 74.7 Å². The monoisotopic (exact) mass is 551 g/mol. The van der Waals surface area contributed by atoms with E-state index in [1.165, 1.54) is 34.4 Å². The first kappa shape index (κ1) is 25.4. The molecule has 37 heavy (non-hydrogen) atoms. The lowest BCUT2D eigenvalue weighted by molar-refractivity contribution is -0.113. The van der Waals surface area contributed by atoms with Gasteiger partial charge >= 0.3 is 5.97 Å². The van der Waals surface area contributed by atoms with E-state index in [0.29, 0.717) is 25.9 Å². The summed E-state index contributed by atoms with van der Waals surface area (Å²) in [5, 5.41) is 6.40. The Labute approximate surface area is 226 Å². The lowest BCUT2D eigenvalue weighted by Gasteiger charge is -2.11. The first-order valence-electron chi connectivity index (χ1n) is 11.9. The molecule has 1 N–H and O–H groups in total. The molecule has 0 bridgehead atoms. The summed E-state index contributed by atoms with van der Waals surface area (Å²) in [5.74, 6) is -0.633. The first-order valence-corrected chi connectivity index (χ1v) is 14.6. The van der Waals surface area contributed by atoms with Crippen molar-refractivity contribution >= 4 is 61.5 Å². The number of thiophene rings is 2. The van der Waals surface area contributed by atoms with Crippen molar-refractivity contribution in [2.45, 2.75) is 37.9 Å². The molecular formula is C27H25N3O4S3. The molecule has 190 valence electrons. The highest BCUT2D eigenvalue weighted by Gasteiger charge is 2.28. The first-order chi connectivity index (χ1) is 18.0. The number of benzene rings is 1. The lowest BCUT2D eigenvalue weighted by atomic mass is 10.1. The molecule has 10 heteroatoms. The molecule has 0 spiro atoms. The third-order valence-corrected chi connectivity index (χ3v) is 9.10. The fourth-order valence-electron chi connectivity index (χ4n) is 4.44. The largest absolute Gasteiger partial charge is 0.462 e. The maximum atomic E-state index is 13.5. The van der Waals surface area contributed by atoms with Crippen LogP contribution in [-0.4, -0.2) is 33.8 Å². The number of hydrogen-bond donors (Lipinski definition) is 1. The maximum Gasteiger partial charge on any atom is 0.341 e. The normalized spacial score (nSPS) is 12.5. The van der Waals surface area contributed by atoms with Gasteiger partial charge in [0, 0.05) is 22.4 Å². The van der Waals surface area contributed by atoms with E-state index >= 15 is 0 Å². The van der Waals surface area contributed by atoms with Crippen molar-refractivity contribution in [2.24, 2.45) is 0 Å². The molecule has 5 rings (SSSR count). The number of rotatable bonds is 9.